The van der Waals surface area contributed by atoms with Crippen molar-refractivity contribution in [2.24, 2.45) is 0 Å². The molecule has 0 aliphatic carbocycles. The summed E-state index contributed by atoms with van der Waals surface area (Å²) in [6.07, 6.45) is 2.53. The van der Waals surface area contributed by atoms with Gasteiger partial charge in [0.05, 0.1) is 12.2 Å². The van der Waals surface area contributed by atoms with Crippen molar-refractivity contribution in [3.63, 3.8) is 0 Å². The highest BCUT2D eigenvalue weighted by atomic mass is 16.5. The second kappa shape index (κ2) is 7.96. The molecule has 1 unspecified atom stereocenters. The Morgan fingerprint density at radius 1 is 1.42 bits per heavy atom. The van der Waals surface area contributed by atoms with Crippen LogP contribution in [0.2, 0.25) is 0 Å². The molecule has 132 valence electrons. The fraction of sp³-hybridized carbons (Fsp3) is 0.562. The monoisotopic (exact) mass is 334 g/mol. The number of anilines is 1. The molecule has 0 aliphatic heterocycles. The Morgan fingerprint density at radius 2 is 2.17 bits per heavy atom. The van der Waals surface area contributed by atoms with Crippen molar-refractivity contribution in [3.8, 4) is 0 Å². The Balaban J connectivity index is 1.82. The van der Waals surface area contributed by atoms with Crippen molar-refractivity contribution < 1.29 is 9.32 Å². The van der Waals surface area contributed by atoms with Crippen LogP contribution in [0, 0.1) is 13.8 Å². The third kappa shape index (κ3) is 5.09. The van der Waals surface area contributed by atoms with Crippen LogP contribution in [0.3, 0.4) is 0 Å². The molecule has 2 aromatic rings. The molecule has 2 rings (SSSR count). The maximum Gasteiger partial charge on any atom is 0.320 e. The molecular weight excluding hydrogens is 308 g/mol. The number of hydrogen-bond acceptors (Lipinski definition) is 5. The Labute approximate surface area is 142 Å². The van der Waals surface area contributed by atoms with Gasteiger partial charge in [-0.15, -0.1) is 0 Å². The van der Waals surface area contributed by atoms with Gasteiger partial charge in [0, 0.05) is 30.4 Å². The van der Waals surface area contributed by atoms with Crippen LogP contribution in [0.1, 0.15) is 23.9 Å². The molecule has 0 aliphatic rings. The molecule has 1 atom stereocenters. The first-order valence-corrected chi connectivity index (χ1v) is 8.02. The van der Waals surface area contributed by atoms with E-state index >= 15 is 0 Å². The van der Waals surface area contributed by atoms with Crippen LogP contribution < -0.4 is 10.6 Å². The largest absolute Gasteiger partial charge is 0.361 e. The topological polar surface area (TPSA) is 88.2 Å². The van der Waals surface area contributed by atoms with Gasteiger partial charge < -0.3 is 14.7 Å². The summed E-state index contributed by atoms with van der Waals surface area (Å²) in [7, 11) is 4.02. The number of nitrogens with zero attached hydrogens (tertiary/aromatic N) is 4. The highest BCUT2D eigenvalue weighted by Gasteiger charge is 2.15. The Morgan fingerprint density at radius 3 is 2.79 bits per heavy atom. The molecule has 24 heavy (non-hydrogen) atoms. The lowest BCUT2D eigenvalue weighted by Crippen LogP contribution is -2.37. The van der Waals surface area contributed by atoms with Crippen LogP contribution in [0.15, 0.2) is 16.8 Å². The summed E-state index contributed by atoms with van der Waals surface area (Å²) < 4.78 is 6.95. The van der Waals surface area contributed by atoms with Crippen molar-refractivity contribution >= 4 is 11.8 Å². The van der Waals surface area contributed by atoms with Crippen LogP contribution in [0.4, 0.5) is 10.6 Å². The molecule has 0 saturated heterocycles. The Kier molecular flexibility index (Phi) is 5.97. The summed E-state index contributed by atoms with van der Waals surface area (Å²) >= 11 is 0. The number of carbonyl (C=O) groups excluding carboxylic acids is 1. The van der Waals surface area contributed by atoms with Crippen molar-refractivity contribution in [1.29, 1.82) is 0 Å². The van der Waals surface area contributed by atoms with Crippen LogP contribution >= 0.6 is 0 Å². The van der Waals surface area contributed by atoms with Gasteiger partial charge in [-0.1, -0.05) is 5.16 Å². The van der Waals surface area contributed by atoms with E-state index in [2.05, 4.69) is 25.8 Å². The molecule has 0 saturated carbocycles. The van der Waals surface area contributed by atoms with Gasteiger partial charge in [0.15, 0.2) is 5.82 Å². The van der Waals surface area contributed by atoms with E-state index in [4.69, 9.17) is 4.52 Å². The summed E-state index contributed by atoms with van der Waals surface area (Å²) in [5, 5.41) is 13.9. The van der Waals surface area contributed by atoms with Gasteiger partial charge in [0.1, 0.15) is 5.76 Å². The standard InChI is InChI=1S/C16H26N6O2/c1-11(10-14-12(2)20-24-13(14)3)17-16(23)18-15-6-7-22(19-15)9-8-21(4)5/h6-7,11H,8-10H2,1-5H3,(H2,17,18,19,23). The zero-order valence-corrected chi connectivity index (χ0v) is 15.0. The van der Waals surface area contributed by atoms with E-state index in [-0.39, 0.29) is 12.1 Å². The number of nitrogens with one attached hydrogen (secondary N) is 2. The number of amides is 2. The minimum Gasteiger partial charge on any atom is -0.361 e. The van der Waals surface area contributed by atoms with Gasteiger partial charge in [-0.3, -0.25) is 10.00 Å². The number of urea groups is 1. The first-order valence-electron chi connectivity index (χ1n) is 8.02. The van der Waals surface area contributed by atoms with E-state index in [1.54, 1.807) is 6.07 Å². The lowest BCUT2D eigenvalue weighted by molar-refractivity contribution is 0.249. The van der Waals surface area contributed by atoms with Crippen LogP contribution in [0.5, 0.6) is 0 Å². The van der Waals surface area contributed by atoms with Gasteiger partial charge in [-0.25, -0.2) is 4.79 Å². The lowest BCUT2D eigenvalue weighted by atomic mass is 10.1. The molecule has 8 heteroatoms. The van der Waals surface area contributed by atoms with Crippen LogP contribution in [-0.4, -0.2) is 52.6 Å². The maximum absolute atomic E-state index is 12.1. The van der Waals surface area contributed by atoms with Crippen molar-refractivity contribution in [2.75, 3.05) is 26.0 Å². The van der Waals surface area contributed by atoms with E-state index in [9.17, 15) is 4.79 Å². The number of likely N-dealkylation sites (N-methyl/N-ethyl adjacent to an activating group) is 1. The second-order valence-corrected chi connectivity index (χ2v) is 6.27. The van der Waals surface area contributed by atoms with Gasteiger partial charge in [-0.2, -0.15) is 5.10 Å². The van der Waals surface area contributed by atoms with E-state index < -0.39 is 0 Å². The number of rotatable bonds is 7. The minimum atomic E-state index is -0.271. The summed E-state index contributed by atoms with van der Waals surface area (Å²) in [4.78, 5) is 14.2. The molecule has 0 spiro atoms. The van der Waals surface area contributed by atoms with Gasteiger partial charge >= 0.3 is 6.03 Å². The van der Waals surface area contributed by atoms with Gasteiger partial charge in [0.2, 0.25) is 0 Å². The fourth-order valence-corrected chi connectivity index (χ4v) is 2.38. The molecule has 0 radical (unpaired) electrons. The normalized spacial score (nSPS) is 12.4. The van der Waals surface area contributed by atoms with Crippen molar-refractivity contribution in [3.05, 3.63) is 29.3 Å². The Bertz CT molecular complexity index is 656. The highest BCUT2D eigenvalue weighted by Crippen LogP contribution is 2.14. The number of hydrogen-bond donors (Lipinski definition) is 2. The molecule has 0 aromatic carbocycles. The molecule has 8 nitrogen and oxygen atoms in total. The van der Waals surface area contributed by atoms with Crippen molar-refractivity contribution in [2.45, 2.75) is 39.8 Å². The minimum absolute atomic E-state index is 0.0439. The van der Waals surface area contributed by atoms with Crippen molar-refractivity contribution in [1.82, 2.24) is 25.2 Å². The summed E-state index contributed by atoms with van der Waals surface area (Å²) in [5.41, 5.74) is 1.90. The average molecular weight is 334 g/mol. The van der Waals surface area contributed by atoms with E-state index in [0.717, 1.165) is 30.1 Å². The predicted octanol–water partition coefficient (Wildman–Crippen LogP) is 1.80. The third-order valence-electron chi connectivity index (χ3n) is 3.73. The summed E-state index contributed by atoms with van der Waals surface area (Å²) in [6.45, 7) is 7.39. The molecule has 2 N–H and O–H groups in total. The van der Waals surface area contributed by atoms with E-state index in [1.807, 2.05) is 45.7 Å². The zero-order valence-electron chi connectivity index (χ0n) is 15.0. The molecular formula is C16H26N6O2. The molecule has 2 heterocycles. The number of carbonyl (C=O) groups is 1. The molecule has 2 aromatic heterocycles. The van der Waals surface area contributed by atoms with Crippen LogP contribution in [0.25, 0.3) is 0 Å². The van der Waals surface area contributed by atoms with Crippen LogP contribution in [-0.2, 0) is 13.0 Å². The van der Waals surface area contributed by atoms with Gasteiger partial charge in [-0.05, 0) is 41.3 Å². The third-order valence-corrected chi connectivity index (χ3v) is 3.73. The number of aromatic nitrogens is 3. The van der Waals surface area contributed by atoms with E-state index in [1.165, 1.54) is 0 Å². The summed E-state index contributed by atoms with van der Waals surface area (Å²) in [5.74, 6) is 1.33. The molecule has 0 bridgehead atoms. The number of aryl methyl sites for hydroxylation is 2. The molecule has 2 amide bonds. The second-order valence-electron chi connectivity index (χ2n) is 6.27. The fourth-order valence-electron chi connectivity index (χ4n) is 2.38. The van der Waals surface area contributed by atoms with Gasteiger partial charge in [0.25, 0.3) is 0 Å². The predicted molar refractivity (Wildman–Crippen MR) is 92.1 cm³/mol. The highest BCUT2D eigenvalue weighted by molar-refractivity contribution is 5.88. The Hall–Kier alpha value is -2.35. The molecule has 0 fully saturated rings. The maximum atomic E-state index is 12.1. The lowest BCUT2D eigenvalue weighted by Gasteiger charge is -2.13. The smallest absolute Gasteiger partial charge is 0.320 e. The first kappa shape index (κ1) is 18.0. The SMILES string of the molecule is Cc1noc(C)c1CC(C)NC(=O)Nc1ccn(CCN(C)C)n1. The summed E-state index contributed by atoms with van der Waals surface area (Å²) in [6, 6.07) is 1.47. The quantitative estimate of drug-likeness (QED) is 0.806. The van der Waals surface area contributed by atoms with E-state index in [0.29, 0.717) is 12.2 Å². The average Bonchev–Trinajstić information content (AvgIpc) is 3.06. The zero-order chi connectivity index (χ0) is 17.7. The first-order chi connectivity index (χ1) is 11.3.